The number of hydrogen-bond acceptors (Lipinski definition) is 6. The van der Waals surface area contributed by atoms with Gasteiger partial charge in [0.15, 0.2) is 5.58 Å². The number of fused-ring (bicyclic) bond motifs is 2. The minimum absolute atomic E-state index is 0.184. The average Bonchev–Trinajstić information content (AvgIpc) is 3.37. The van der Waals surface area contributed by atoms with Crippen molar-refractivity contribution in [2.75, 3.05) is 32.8 Å². The van der Waals surface area contributed by atoms with Crippen molar-refractivity contribution < 1.29 is 13.9 Å². The number of ether oxygens (including phenoxy) is 1. The molecule has 1 saturated heterocycles. The predicted molar refractivity (Wildman–Crippen MR) is 128 cm³/mol. The van der Waals surface area contributed by atoms with Crippen molar-refractivity contribution in [2.24, 2.45) is 12.5 Å². The van der Waals surface area contributed by atoms with Gasteiger partial charge in [0.2, 0.25) is 5.91 Å². The summed E-state index contributed by atoms with van der Waals surface area (Å²) < 4.78 is 12.6. The second-order valence-corrected chi connectivity index (χ2v) is 9.70. The van der Waals surface area contributed by atoms with E-state index in [4.69, 9.17) is 9.15 Å². The monoisotopic (exact) mass is 464 g/mol. The Hall–Kier alpha value is -2.97. The second-order valence-electron chi connectivity index (χ2n) is 9.70. The number of benzene rings is 1. The fraction of sp³-hybridized carbons (Fsp3) is 0.500. The maximum Gasteiger partial charge on any atom is 0.419 e. The Morgan fingerprint density at radius 3 is 2.94 bits per heavy atom. The van der Waals surface area contributed by atoms with E-state index >= 15 is 0 Å². The largest absolute Gasteiger partial charge is 0.419 e. The van der Waals surface area contributed by atoms with Gasteiger partial charge in [-0.15, -0.1) is 0 Å². The molecule has 2 aliphatic heterocycles. The topological polar surface area (TPSA) is 80.8 Å². The molecule has 0 radical (unpaired) electrons. The number of rotatable bonds is 6. The Morgan fingerprint density at radius 2 is 2.12 bits per heavy atom. The number of nitrogens with zero attached hydrogens (tertiary/aromatic N) is 4. The van der Waals surface area contributed by atoms with Crippen LogP contribution in [-0.2, 0) is 36.1 Å². The van der Waals surface area contributed by atoms with Crippen LogP contribution in [0.2, 0.25) is 0 Å². The van der Waals surface area contributed by atoms with Crippen LogP contribution in [0.4, 0.5) is 0 Å². The third-order valence-electron chi connectivity index (χ3n) is 7.19. The van der Waals surface area contributed by atoms with Gasteiger partial charge in [-0.3, -0.25) is 19.2 Å². The molecule has 1 fully saturated rings. The number of carbonyl (C=O) groups excluding carboxylic acids is 1. The lowest BCUT2D eigenvalue weighted by Gasteiger charge is -2.36. The summed E-state index contributed by atoms with van der Waals surface area (Å²) >= 11 is 0. The molecule has 4 heterocycles. The smallest absolute Gasteiger partial charge is 0.408 e. The molecule has 180 valence electrons. The molecule has 1 aromatic carbocycles. The predicted octanol–water partition coefficient (Wildman–Crippen LogP) is 2.65. The van der Waals surface area contributed by atoms with Gasteiger partial charge < -0.3 is 14.1 Å². The van der Waals surface area contributed by atoms with E-state index in [9.17, 15) is 9.59 Å². The number of carbonyl (C=O) groups is 1. The Bertz CT molecular complexity index is 1280. The number of oxazole rings is 1. The summed E-state index contributed by atoms with van der Waals surface area (Å²) in [5.41, 5.74) is 5.30. The molecule has 3 aromatic rings. The van der Waals surface area contributed by atoms with Crippen molar-refractivity contribution in [1.82, 2.24) is 19.4 Å². The minimum Gasteiger partial charge on any atom is -0.408 e. The number of pyridine rings is 1. The molecule has 0 bridgehead atoms. The number of aromatic nitrogens is 2. The second kappa shape index (κ2) is 9.00. The van der Waals surface area contributed by atoms with Crippen molar-refractivity contribution in [3.05, 3.63) is 63.4 Å². The zero-order chi connectivity index (χ0) is 23.9. The number of likely N-dealkylation sites (tertiary alicyclic amines) is 1. The van der Waals surface area contributed by atoms with Crippen LogP contribution in [0.25, 0.3) is 11.1 Å². The van der Waals surface area contributed by atoms with Gasteiger partial charge in [0.25, 0.3) is 0 Å². The average molecular weight is 465 g/mol. The quantitative estimate of drug-likeness (QED) is 0.558. The first kappa shape index (κ1) is 22.8. The Morgan fingerprint density at radius 1 is 1.26 bits per heavy atom. The highest BCUT2D eigenvalue weighted by Gasteiger charge is 2.47. The van der Waals surface area contributed by atoms with E-state index in [-0.39, 0.29) is 11.7 Å². The van der Waals surface area contributed by atoms with Gasteiger partial charge in [0, 0.05) is 58.1 Å². The van der Waals surface area contributed by atoms with Crippen molar-refractivity contribution >= 4 is 17.0 Å². The minimum atomic E-state index is -0.544. The molecular weight excluding hydrogens is 432 g/mol. The Kier molecular flexibility index (Phi) is 6.04. The summed E-state index contributed by atoms with van der Waals surface area (Å²) in [4.78, 5) is 34.6. The summed E-state index contributed by atoms with van der Waals surface area (Å²) in [7, 11) is 1.72. The zero-order valence-electron chi connectivity index (χ0n) is 20.2. The molecule has 0 saturated carbocycles. The van der Waals surface area contributed by atoms with Crippen LogP contribution in [0.3, 0.4) is 0 Å². The fourth-order valence-corrected chi connectivity index (χ4v) is 5.33. The lowest BCUT2D eigenvalue weighted by Crippen LogP contribution is -2.49. The fourth-order valence-electron chi connectivity index (χ4n) is 5.33. The molecule has 8 heteroatoms. The summed E-state index contributed by atoms with van der Waals surface area (Å²) in [6.07, 6.45) is 3.47. The highest BCUT2D eigenvalue weighted by molar-refractivity contribution is 5.84. The normalized spacial score (nSPS) is 20.7. The summed E-state index contributed by atoms with van der Waals surface area (Å²) in [6.45, 7) is 8.54. The van der Waals surface area contributed by atoms with Crippen LogP contribution in [0.1, 0.15) is 35.7 Å². The van der Waals surface area contributed by atoms with E-state index in [0.717, 1.165) is 47.3 Å². The third kappa shape index (κ3) is 4.16. The van der Waals surface area contributed by atoms with Crippen LogP contribution >= 0.6 is 0 Å². The highest BCUT2D eigenvalue weighted by atomic mass is 16.5. The standard InChI is InChI=1S/C26H32N4O4/c1-4-33-17-26(24(31)30-9-7-21-20(15-30)11-18(2)13-27-21)8-10-29(16-26)14-19-5-6-23-22(12-19)28(3)25(32)34-23/h5-6,11-13H,4,7-10,14-17H2,1-3H3. The summed E-state index contributed by atoms with van der Waals surface area (Å²) in [5, 5.41) is 0. The molecule has 1 atom stereocenters. The molecule has 5 rings (SSSR count). The van der Waals surface area contributed by atoms with E-state index in [2.05, 4.69) is 16.0 Å². The van der Waals surface area contributed by atoms with Gasteiger partial charge in [-0.2, -0.15) is 0 Å². The molecule has 2 aromatic heterocycles. The van der Waals surface area contributed by atoms with Gasteiger partial charge in [-0.25, -0.2) is 4.79 Å². The molecule has 1 unspecified atom stereocenters. The summed E-state index contributed by atoms with van der Waals surface area (Å²) in [6, 6.07) is 7.99. The maximum absolute atomic E-state index is 13.9. The molecule has 0 N–H and O–H groups in total. The van der Waals surface area contributed by atoms with Crippen LogP contribution in [0, 0.1) is 12.3 Å². The van der Waals surface area contributed by atoms with Gasteiger partial charge in [0.05, 0.1) is 17.5 Å². The highest BCUT2D eigenvalue weighted by Crippen LogP contribution is 2.36. The zero-order valence-corrected chi connectivity index (χ0v) is 20.2. The van der Waals surface area contributed by atoms with Crippen molar-refractivity contribution in [3.8, 4) is 0 Å². The van der Waals surface area contributed by atoms with Gasteiger partial charge in [-0.05, 0) is 55.6 Å². The first-order valence-electron chi connectivity index (χ1n) is 12.0. The molecule has 2 aliphatic rings. The van der Waals surface area contributed by atoms with E-state index < -0.39 is 5.41 Å². The summed E-state index contributed by atoms with van der Waals surface area (Å²) in [5.74, 6) is -0.175. The van der Waals surface area contributed by atoms with Crippen molar-refractivity contribution in [3.63, 3.8) is 0 Å². The Balaban J connectivity index is 1.34. The van der Waals surface area contributed by atoms with Crippen LogP contribution in [-0.4, -0.2) is 58.1 Å². The molecule has 34 heavy (non-hydrogen) atoms. The van der Waals surface area contributed by atoms with E-state index in [1.165, 1.54) is 4.57 Å². The molecule has 8 nitrogen and oxygen atoms in total. The van der Waals surface area contributed by atoms with E-state index in [1.807, 2.05) is 43.1 Å². The van der Waals surface area contributed by atoms with E-state index in [0.29, 0.717) is 45.0 Å². The number of hydrogen-bond donors (Lipinski definition) is 0. The Labute approximate surface area is 199 Å². The maximum atomic E-state index is 13.9. The van der Waals surface area contributed by atoms with Gasteiger partial charge in [-0.1, -0.05) is 12.1 Å². The van der Waals surface area contributed by atoms with Gasteiger partial charge in [0.1, 0.15) is 0 Å². The SMILES string of the molecule is CCOCC1(C(=O)N2CCc3ncc(C)cc3C2)CCN(Cc2ccc3oc(=O)n(C)c3c2)C1. The first-order valence-corrected chi connectivity index (χ1v) is 12.0. The van der Waals surface area contributed by atoms with Gasteiger partial charge >= 0.3 is 5.76 Å². The number of aryl methyl sites for hydroxylation is 2. The van der Waals surface area contributed by atoms with Crippen molar-refractivity contribution in [2.45, 2.75) is 39.8 Å². The van der Waals surface area contributed by atoms with Crippen molar-refractivity contribution in [1.29, 1.82) is 0 Å². The van der Waals surface area contributed by atoms with Crippen LogP contribution in [0.15, 0.2) is 39.7 Å². The first-order chi connectivity index (χ1) is 16.4. The lowest BCUT2D eigenvalue weighted by atomic mass is 9.85. The molecule has 0 aliphatic carbocycles. The lowest BCUT2D eigenvalue weighted by molar-refractivity contribution is -0.146. The van der Waals surface area contributed by atoms with Crippen LogP contribution in [0.5, 0.6) is 0 Å². The van der Waals surface area contributed by atoms with Crippen LogP contribution < -0.4 is 5.76 Å². The molecule has 1 amide bonds. The third-order valence-corrected chi connectivity index (χ3v) is 7.19. The molecular formula is C26H32N4O4. The van der Waals surface area contributed by atoms with E-state index in [1.54, 1.807) is 7.05 Å². The number of amides is 1. The molecule has 0 spiro atoms.